The van der Waals surface area contributed by atoms with Gasteiger partial charge in [0.15, 0.2) is 0 Å². The zero-order valence-electron chi connectivity index (χ0n) is 9.36. The highest BCUT2D eigenvalue weighted by Crippen LogP contribution is 2.23. The van der Waals surface area contributed by atoms with Gasteiger partial charge in [0, 0.05) is 18.9 Å². The molecule has 0 bridgehead atoms. The van der Waals surface area contributed by atoms with Crippen LogP contribution in [0.1, 0.15) is 15.9 Å². The maximum Gasteiger partial charge on any atom is 0.254 e. The van der Waals surface area contributed by atoms with E-state index in [9.17, 15) is 4.79 Å². The molecule has 0 radical (unpaired) electrons. The van der Waals surface area contributed by atoms with Crippen molar-refractivity contribution in [2.75, 3.05) is 0 Å². The summed E-state index contributed by atoms with van der Waals surface area (Å²) < 4.78 is 0. The van der Waals surface area contributed by atoms with Gasteiger partial charge in [-0.25, -0.2) is 0 Å². The number of amides is 1. The molecular formula is C13H10Cl2N2O. The molecule has 1 heterocycles. The molecule has 0 aliphatic rings. The number of benzene rings is 1. The SMILES string of the molecule is O=C(NCc1cccnc1)c1c(Cl)cccc1Cl. The van der Waals surface area contributed by atoms with E-state index in [-0.39, 0.29) is 5.91 Å². The number of carbonyl (C=O) groups is 1. The number of rotatable bonds is 3. The summed E-state index contributed by atoms with van der Waals surface area (Å²) >= 11 is 11.9. The van der Waals surface area contributed by atoms with Gasteiger partial charge >= 0.3 is 0 Å². The van der Waals surface area contributed by atoms with Crippen LogP contribution in [0.2, 0.25) is 10.0 Å². The second kappa shape index (κ2) is 5.85. The molecule has 92 valence electrons. The van der Waals surface area contributed by atoms with Crippen molar-refractivity contribution in [1.29, 1.82) is 0 Å². The lowest BCUT2D eigenvalue weighted by Crippen LogP contribution is -2.23. The maximum absolute atomic E-state index is 12.0. The van der Waals surface area contributed by atoms with Gasteiger partial charge in [0.25, 0.3) is 5.91 Å². The van der Waals surface area contributed by atoms with Crippen LogP contribution in [-0.2, 0) is 6.54 Å². The summed E-state index contributed by atoms with van der Waals surface area (Å²) in [6.07, 6.45) is 3.37. The van der Waals surface area contributed by atoms with Crippen LogP contribution >= 0.6 is 23.2 Å². The zero-order valence-corrected chi connectivity index (χ0v) is 10.9. The Balaban J connectivity index is 2.09. The van der Waals surface area contributed by atoms with E-state index in [0.717, 1.165) is 5.56 Å². The van der Waals surface area contributed by atoms with Crippen LogP contribution in [0.5, 0.6) is 0 Å². The zero-order chi connectivity index (χ0) is 13.0. The summed E-state index contributed by atoms with van der Waals surface area (Å²) in [7, 11) is 0. The summed E-state index contributed by atoms with van der Waals surface area (Å²) in [6, 6.07) is 8.65. The van der Waals surface area contributed by atoms with Gasteiger partial charge < -0.3 is 5.32 Å². The smallest absolute Gasteiger partial charge is 0.254 e. The first-order valence-corrected chi connectivity index (χ1v) is 6.05. The maximum atomic E-state index is 12.0. The first-order valence-electron chi connectivity index (χ1n) is 5.29. The fraction of sp³-hybridized carbons (Fsp3) is 0.0769. The van der Waals surface area contributed by atoms with E-state index >= 15 is 0 Å². The lowest BCUT2D eigenvalue weighted by Gasteiger charge is -2.08. The molecule has 5 heteroatoms. The molecule has 0 fully saturated rings. The summed E-state index contributed by atoms with van der Waals surface area (Å²) in [6.45, 7) is 0.383. The number of hydrogen-bond donors (Lipinski definition) is 1. The number of pyridine rings is 1. The van der Waals surface area contributed by atoms with Crippen LogP contribution in [0.3, 0.4) is 0 Å². The Labute approximate surface area is 115 Å². The van der Waals surface area contributed by atoms with E-state index in [4.69, 9.17) is 23.2 Å². The van der Waals surface area contributed by atoms with E-state index in [1.165, 1.54) is 0 Å². The third-order valence-electron chi connectivity index (χ3n) is 2.37. The standard InChI is InChI=1S/C13H10Cl2N2O/c14-10-4-1-5-11(15)12(10)13(18)17-8-9-3-2-6-16-7-9/h1-7H,8H2,(H,17,18). The van der Waals surface area contributed by atoms with Gasteiger partial charge in [-0.3, -0.25) is 9.78 Å². The summed E-state index contributed by atoms with van der Waals surface area (Å²) in [4.78, 5) is 15.9. The first kappa shape index (κ1) is 12.9. The molecule has 1 N–H and O–H groups in total. The number of halogens is 2. The Hall–Kier alpha value is -1.58. The minimum atomic E-state index is -0.297. The summed E-state index contributed by atoms with van der Waals surface area (Å²) in [5.74, 6) is -0.297. The molecule has 0 aliphatic heterocycles. The van der Waals surface area contributed by atoms with Gasteiger partial charge in [-0.1, -0.05) is 35.3 Å². The van der Waals surface area contributed by atoms with Gasteiger partial charge in [-0.05, 0) is 23.8 Å². The van der Waals surface area contributed by atoms with Gasteiger partial charge in [0.1, 0.15) is 0 Å². The van der Waals surface area contributed by atoms with E-state index in [2.05, 4.69) is 10.3 Å². The largest absolute Gasteiger partial charge is 0.348 e. The van der Waals surface area contributed by atoms with Crippen molar-refractivity contribution < 1.29 is 4.79 Å². The Bertz CT molecular complexity index is 538. The van der Waals surface area contributed by atoms with E-state index < -0.39 is 0 Å². The first-order chi connectivity index (χ1) is 8.68. The molecule has 0 atom stereocenters. The monoisotopic (exact) mass is 280 g/mol. The summed E-state index contributed by atoms with van der Waals surface area (Å²) in [5, 5.41) is 3.43. The highest BCUT2D eigenvalue weighted by atomic mass is 35.5. The lowest BCUT2D eigenvalue weighted by molar-refractivity contribution is 0.0951. The Morgan fingerprint density at radius 2 is 1.89 bits per heavy atom. The van der Waals surface area contributed by atoms with Crippen LogP contribution in [0.4, 0.5) is 0 Å². The number of nitrogens with one attached hydrogen (secondary N) is 1. The van der Waals surface area contributed by atoms with Gasteiger partial charge in [0.05, 0.1) is 15.6 Å². The predicted octanol–water partition coefficient (Wildman–Crippen LogP) is 3.32. The van der Waals surface area contributed by atoms with Crippen LogP contribution in [0.15, 0.2) is 42.7 Å². The number of aromatic nitrogens is 1. The molecule has 1 amide bonds. The quantitative estimate of drug-likeness (QED) is 0.937. The minimum absolute atomic E-state index is 0.296. The van der Waals surface area contributed by atoms with Crippen molar-refractivity contribution in [2.24, 2.45) is 0 Å². The number of hydrogen-bond acceptors (Lipinski definition) is 2. The van der Waals surface area contributed by atoms with Gasteiger partial charge in [-0.2, -0.15) is 0 Å². The van der Waals surface area contributed by atoms with Crippen molar-refractivity contribution in [2.45, 2.75) is 6.54 Å². The lowest BCUT2D eigenvalue weighted by atomic mass is 10.2. The number of nitrogens with zero attached hydrogens (tertiary/aromatic N) is 1. The molecular weight excluding hydrogens is 271 g/mol. The van der Waals surface area contributed by atoms with Crippen molar-refractivity contribution >= 4 is 29.1 Å². The second-order valence-corrected chi connectivity index (χ2v) is 4.46. The van der Waals surface area contributed by atoms with E-state index in [0.29, 0.717) is 22.2 Å². The Morgan fingerprint density at radius 3 is 2.50 bits per heavy atom. The predicted molar refractivity (Wildman–Crippen MR) is 71.9 cm³/mol. The molecule has 0 spiro atoms. The van der Waals surface area contributed by atoms with E-state index in [1.54, 1.807) is 30.6 Å². The molecule has 18 heavy (non-hydrogen) atoms. The average molecular weight is 281 g/mol. The second-order valence-electron chi connectivity index (χ2n) is 3.64. The van der Waals surface area contributed by atoms with Crippen LogP contribution in [0.25, 0.3) is 0 Å². The van der Waals surface area contributed by atoms with Crippen molar-refractivity contribution in [1.82, 2.24) is 10.3 Å². The highest BCUT2D eigenvalue weighted by molar-refractivity contribution is 6.39. The Morgan fingerprint density at radius 1 is 1.17 bits per heavy atom. The van der Waals surface area contributed by atoms with Crippen molar-refractivity contribution in [3.8, 4) is 0 Å². The third-order valence-corrected chi connectivity index (χ3v) is 3.00. The van der Waals surface area contributed by atoms with Gasteiger partial charge in [-0.15, -0.1) is 0 Å². The summed E-state index contributed by atoms with van der Waals surface area (Å²) in [5.41, 5.74) is 1.21. The molecule has 0 saturated heterocycles. The molecule has 2 rings (SSSR count). The normalized spacial score (nSPS) is 10.1. The van der Waals surface area contributed by atoms with Crippen LogP contribution in [0, 0.1) is 0 Å². The highest BCUT2D eigenvalue weighted by Gasteiger charge is 2.13. The van der Waals surface area contributed by atoms with E-state index in [1.807, 2.05) is 12.1 Å². The van der Waals surface area contributed by atoms with Crippen molar-refractivity contribution in [3.63, 3.8) is 0 Å². The molecule has 0 saturated carbocycles. The minimum Gasteiger partial charge on any atom is -0.348 e. The molecule has 3 nitrogen and oxygen atoms in total. The molecule has 0 aliphatic carbocycles. The fourth-order valence-electron chi connectivity index (χ4n) is 1.49. The topological polar surface area (TPSA) is 42.0 Å². The van der Waals surface area contributed by atoms with Crippen LogP contribution < -0.4 is 5.32 Å². The molecule has 2 aromatic rings. The molecule has 1 aromatic carbocycles. The van der Waals surface area contributed by atoms with Crippen molar-refractivity contribution in [3.05, 3.63) is 63.9 Å². The fourth-order valence-corrected chi connectivity index (χ4v) is 2.06. The average Bonchev–Trinajstić information content (AvgIpc) is 2.37. The van der Waals surface area contributed by atoms with Crippen LogP contribution in [-0.4, -0.2) is 10.9 Å². The Kier molecular flexibility index (Phi) is 4.18. The molecule has 0 unspecified atom stereocenters. The van der Waals surface area contributed by atoms with Gasteiger partial charge in [0.2, 0.25) is 0 Å². The number of carbonyl (C=O) groups excluding carboxylic acids is 1. The third kappa shape index (κ3) is 3.00. The molecule has 1 aromatic heterocycles.